The summed E-state index contributed by atoms with van der Waals surface area (Å²) in [6, 6.07) is -4.80. The Morgan fingerprint density at radius 3 is 1.86 bits per heavy atom. The topological polar surface area (TPSA) is 147 Å². The van der Waals surface area contributed by atoms with E-state index in [1.807, 2.05) is 0 Å². The van der Waals surface area contributed by atoms with Gasteiger partial charge in [0.2, 0.25) is 0 Å². The number of carbonyl (C=O) groups is 2. The van der Waals surface area contributed by atoms with Crippen LogP contribution in [-0.4, -0.2) is 52.3 Å². The van der Waals surface area contributed by atoms with Crippen molar-refractivity contribution in [3.63, 3.8) is 0 Å². The number of hydrogen-bond donors (Lipinski definition) is 5. The largest absolute Gasteiger partial charge is 0.480 e. The predicted molar refractivity (Wildman–Crippen MR) is 48.4 cm³/mol. The summed E-state index contributed by atoms with van der Waals surface area (Å²) in [5.41, 5.74) is 9.50. The fraction of sp³-hybridized carbons (Fsp3) is 0.714. The van der Waals surface area contributed by atoms with E-state index in [4.69, 9.17) is 26.5 Å². The molecule has 0 rings (SSSR count). The lowest BCUT2D eigenvalue weighted by Crippen LogP contribution is -2.33. The number of aliphatic carboxylic acids is 1. The van der Waals surface area contributed by atoms with Crippen molar-refractivity contribution in [1.29, 1.82) is 0 Å². The molecule has 7 heteroatoms. The number of carboxylic acids is 1. The second-order valence-electron chi connectivity index (χ2n) is 2.07. The molecule has 84 valence electrons. The van der Waals surface area contributed by atoms with Gasteiger partial charge >= 0.3 is 5.97 Å². The zero-order chi connectivity index (χ0) is 15.4. The third-order valence-corrected chi connectivity index (χ3v) is 0.945. The molecule has 0 aliphatic carbocycles. The van der Waals surface area contributed by atoms with Gasteiger partial charge in [-0.2, -0.15) is 0 Å². The van der Waals surface area contributed by atoms with Crippen LogP contribution in [0.5, 0.6) is 0 Å². The molecule has 0 saturated heterocycles. The van der Waals surface area contributed by atoms with Gasteiger partial charge in [-0.15, -0.1) is 0 Å². The van der Waals surface area contributed by atoms with Crippen molar-refractivity contribution in [3.8, 4) is 0 Å². The number of Topliss-reactive ketones (excluding diaryl/α,β-unsaturated/α-hetero) is 1. The molecule has 0 radical (unpaired) electrons. The first-order chi connectivity index (χ1) is 7.70. The minimum Gasteiger partial charge on any atom is -0.480 e. The van der Waals surface area contributed by atoms with E-state index in [1.54, 1.807) is 0 Å². The van der Waals surface area contributed by atoms with Crippen molar-refractivity contribution in [3.05, 3.63) is 0 Å². The lowest BCUT2D eigenvalue weighted by atomic mass is 10.2. The number of ketones is 1. The smallest absolute Gasteiger partial charge is 0.322 e. The number of aliphatic hydroxyl groups excluding tert-OH is 1. The van der Waals surface area contributed by atoms with Crippen LogP contribution in [0.3, 0.4) is 0 Å². The lowest BCUT2D eigenvalue weighted by molar-refractivity contribution is -0.139. The molecule has 0 spiro atoms. The third-order valence-electron chi connectivity index (χ3n) is 0.945. The second kappa shape index (κ2) is 8.57. The molecule has 0 bridgehead atoms. The van der Waals surface area contributed by atoms with Crippen LogP contribution in [0.1, 0.15) is 12.4 Å². The van der Waals surface area contributed by atoms with E-state index in [0.717, 1.165) is 6.92 Å². The Bertz CT molecular complexity index is 315. The minimum absolute atomic E-state index is 0.873. The van der Waals surface area contributed by atoms with Gasteiger partial charge in [-0.1, -0.05) is 0 Å². The zero-order valence-corrected chi connectivity index (χ0v) is 7.52. The highest BCUT2D eigenvalue weighted by molar-refractivity contribution is 5.81. The maximum absolute atomic E-state index is 10.4. The van der Waals surface area contributed by atoms with E-state index in [0.29, 0.717) is 0 Å². The number of nitrogens with two attached hydrogens (primary N) is 2. The van der Waals surface area contributed by atoms with Crippen LogP contribution in [0.25, 0.3) is 0 Å². The van der Waals surface area contributed by atoms with Crippen molar-refractivity contribution in [2.75, 3.05) is 13.2 Å². The van der Waals surface area contributed by atoms with Gasteiger partial charge in [-0.25, -0.2) is 0 Å². The molecule has 7 N–H and O–H groups in total. The Kier molecular flexibility index (Phi) is 5.08. The first kappa shape index (κ1) is 8.30. The van der Waals surface area contributed by atoms with Crippen molar-refractivity contribution in [2.24, 2.45) is 11.5 Å². The van der Waals surface area contributed by atoms with Crippen LogP contribution < -0.4 is 11.5 Å². The Morgan fingerprint density at radius 1 is 1.43 bits per heavy atom. The Balaban J connectivity index is 0. The van der Waals surface area contributed by atoms with Gasteiger partial charge in [0.1, 0.15) is 11.8 Å². The molecule has 0 saturated carbocycles. The first-order valence-electron chi connectivity index (χ1n) is 5.35. The number of carboxylic acid groups (broad SMARTS) is 1. The summed E-state index contributed by atoms with van der Waals surface area (Å²) in [4.78, 5) is 20.2. The molecule has 14 heavy (non-hydrogen) atoms. The molecule has 0 amide bonds. The van der Waals surface area contributed by atoms with Gasteiger partial charge in [0.15, 0.2) is 0 Å². The average Bonchev–Trinajstić information content (AvgIpc) is 2.16. The number of rotatable bonds is 4. The highest BCUT2D eigenvalue weighted by Gasteiger charge is 2.07. The average molecular weight is 212 g/mol. The number of hydrogen-bond acceptors (Lipinski definition) is 6. The van der Waals surface area contributed by atoms with Gasteiger partial charge in [-0.3, -0.25) is 9.59 Å². The SMILES string of the molecule is [2H]C([2H])(O)[C@@]([2H])(N)C(C)=O.[2H][C@@](N)(CO)C(=O)O. The van der Waals surface area contributed by atoms with Crippen LogP contribution in [-0.2, 0) is 9.59 Å². The molecule has 0 unspecified atom stereocenters. The highest BCUT2D eigenvalue weighted by Crippen LogP contribution is 1.74. The van der Waals surface area contributed by atoms with E-state index in [2.05, 4.69) is 5.73 Å². The molecule has 0 aliphatic heterocycles. The van der Waals surface area contributed by atoms with Gasteiger partial charge in [0.25, 0.3) is 0 Å². The monoisotopic (exact) mass is 212 g/mol. The fourth-order valence-corrected chi connectivity index (χ4v) is 0.146. The van der Waals surface area contributed by atoms with Crippen LogP contribution in [0.15, 0.2) is 0 Å². The van der Waals surface area contributed by atoms with Crippen molar-refractivity contribution in [2.45, 2.75) is 19.0 Å². The molecule has 0 aliphatic rings. The highest BCUT2D eigenvalue weighted by atomic mass is 16.4. The minimum atomic E-state index is -2.99. The van der Waals surface area contributed by atoms with Gasteiger partial charge in [0.05, 0.1) is 24.7 Å². The molecule has 0 aromatic rings. The van der Waals surface area contributed by atoms with Crippen LogP contribution in [0.4, 0.5) is 0 Å². The summed E-state index contributed by atoms with van der Waals surface area (Å²) in [5.74, 6) is -2.44. The number of aliphatic hydroxyl groups is 2. The summed E-state index contributed by atoms with van der Waals surface area (Å²) < 4.78 is 26.5. The van der Waals surface area contributed by atoms with E-state index in [9.17, 15) is 9.59 Å². The predicted octanol–water partition coefficient (Wildman–Crippen LogP) is -2.71. The molecule has 7 nitrogen and oxygen atoms in total. The van der Waals surface area contributed by atoms with E-state index < -0.39 is 37.0 Å². The zero-order valence-electron chi connectivity index (χ0n) is 11.5. The lowest BCUT2D eigenvalue weighted by Gasteiger charge is -1.98. The third kappa shape index (κ3) is 9.07. The van der Waals surface area contributed by atoms with Gasteiger partial charge < -0.3 is 26.8 Å². The second-order valence-corrected chi connectivity index (χ2v) is 2.07. The van der Waals surface area contributed by atoms with Gasteiger partial charge in [0, 0.05) is 0 Å². The molecule has 0 aromatic carbocycles. The van der Waals surface area contributed by atoms with Crippen molar-refractivity contribution < 1.29 is 30.4 Å². The summed E-state index contributed by atoms with van der Waals surface area (Å²) in [5, 5.41) is 24.6. The van der Waals surface area contributed by atoms with E-state index in [-0.39, 0.29) is 0 Å². The van der Waals surface area contributed by atoms with Crippen molar-refractivity contribution in [1.82, 2.24) is 0 Å². The summed E-state index contributed by atoms with van der Waals surface area (Å²) in [6.45, 7) is -2.91. The molecule has 0 heterocycles. The summed E-state index contributed by atoms with van der Waals surface area (Å²) >= 11 is 0. The van der Waals surface area contributed by atoms with E-state index in [1.165, 1.54) is 0 Å². The van der Waals surface area contributed by atoms with Crippen LogP contribution >= 0.6 is 0 Å². The van der Waals surface area contributed by atoms with Crippen LogP contribution in [0, 0.1) is 0 Å². The Morgan fingerprint density at radius 2 is 1.86 bits per heavy atom. The molecule has 2 atom stereocenters. The maximum atomic E-state index is 10.4. The van der Waals surface area contributed by atoms with Gasteiger partial charge in [-0.05, 0) is 6.92 Å². The first-order valence-corrected chi connectivity index (χ1v) is 3.35. The normalized spacial score (nSPS) is 23.2. The molecule has 0 fully saturated rings. The molecule has 0 aromatic heterocycles. The maximum Gasteiger partial charge on any atom is 0.322 e. The van der Waals surface area contributed by atoms with E-state index >= 15 is 0 Å². The standard InChI is InChI=1S/C4H9NO2.C3H7NO3/c1-3(7)4(5)2-6;4-2(1-5)3(6)7/h4,6H,2,5H2,1H3;2,5H,1,4H2,(H,6,7)/t4-;2-/m11/s1/i2D2,4D;2D. The summed E-state index contributed by atoms with van der Waals surface area (Å²) in [7, 11) is 0. The quantitative estimate of drug-likeness (QED) is 0.340. The van der Waals surface area contributed by atoms with Crippen molar-refractivity contribution >= 4 is 11.8 Å². The fourth-order valence-electron chi connectivity index (χ4n) is 0.146. The van der Waals surface area contributed by atoms with Crippen LogP contribution in [0.2, 0.25) is 0 Å². The summed E-state index contributed by atoms with van der Waals surface area (Å²) in [6.07, 6.45) is 0. The number of carbonyl (C=O) groups excluding carboxylic acids is 1. The molecular formula is C7H16N2O5. The Labute approximate surface area is 86.9 Å². The Hall–Kier alpha value is -1.02. The molecular weight excluding hydrogens is 192 g/mol.